The molecule has 0 aliphatic heterocycles. The van der Waals surface area contributed by atoms with Gasteiger partial charge in [-0.2, -0.15) is 0 Å². The van der Waals surface area contributed by atoms with E-state index >= 15 is 0 Å². The van der Waals surface area contributed by atoms with Crippen LogP contribution in [0.2, 0.25) is 25.2 Å². The van der Waals surface area contributed by atoms with E-state index in [1.807, 2.05) is 0 Å². The highest BCUT2D eigenvalue weighted by atomic mass is 35.5. The van der Waals surface area contributed by atoms with E-state index < -0.39 is 17.1 Å². The van der Waals surface area contributed by atoms with Crippen molar-refractivity contribution < 1.29 is 13.0 Å². The van der Waals surface area contributed by atoms with E-state index in [2.05, 4.69) is 13.1 Å². The molecule has 0 aliphatic carbocycles. The molecule has 2 unspecified atom stereocenters. The maximum absolute atomic E-state index is 6.36. The lowest BCUT2D eigenvalue weighted by Crippen LogP contribution is -2.51. The lowest BCUT2D eigenvalue weighted by molar-refractivity contribution is 0.238. The lowest BCUT2D eigenvalue weighted by atomic mass is 10.4. The first-order valence-corrected chi connectivity index (χ1v) is 13.0. The van der Waals surface area contributed by atoms with Gasteiger partial charge in [-0.15, -0.1) is 23.2 Å². The third kappa shape index (κ3) is 8.70. The van der Waals surface area contributed by atoms with Gasteiger partial charge in [0.05, 0.1) is 0 Å². The summed E-state index contributed by atoms with van der Waals surface area (Å²) in [6.45, 7) is 4.24. The van der Waals surface area contributed by atoms with Gasteiger partial charge in [0.1, 0.15) is 0 Å². The third-order valence-corrected chi connectivity index (χ3v) is 11.6. The van der Waals surface area contributed by atoms with Crippen molar-refractivity contribution in [3.05, 3.63) is 0 Å². The molecule has 0 rings (SSSR count). The highest BCUT2D eigenvalue weighted by Crippen LogP contribution is 2.26. The summed E-state index contributed by atoms with van der Waals surface area (Å²) >= 11 is 11.4. The molecule has 116 valence electrons. The quantitative estimate of drug-likeness (QED) is 0.296. The molecule has 0 N–H and O–H groups in total. The predicted molar refractivity (Wildman–Crippen MR) is 87.9 cm³/mol. The zero-order valence-electron chi connectivity index (χ0n) is 12.6. The molecule has 0 saturated heterocycles. The van der Waals surface area contributed by atoms with Gasteiger partial charge in [-0.25, -0.2) is 0 Å². The van der Waals surface area contributed by atoms with Crippen LogP contribution in [-0.2, 0) is 13.0 Å². The van der Waals surface area contributed by atoms with Crippen LogP contribution in [0.5, 0.6) is 0 Å². The molecule has 0 amide bonds. The van der Waals surface area contributed by atoms with Crippen molar-refractivity contribution in [1.29, 1.82) is 0 Å². The van der Waals surface area contributed by atoms with Gasteiger partial charge in [0.25, 0.3) is 0 Å². The van der Waals surface area contributed by atoms with Gasteiger partial charge in [-0.05, 0) is 38.0 Å². The van der Waals surface area contributed by atoms with Gasteiger partial charge in [-0.1, -0.05) is 12.8 Å². The molecule has 19 heavy (non-hydrogen) atoms. The second-order valence-corrected chi connectivity index (χ2v) is 13.0. The van der Waals surface area contributed by atoms with Gasteiger partial charge in [0, 0.05) is 26.0 Å². The molecule has 3 nitrogen and oxygen atoms in total. The Bertz CT molecular complexity index is 215. The summed E-state index contributed by atoms with van der Waals surface area (Å²) < 4.78 is 17.7. The van der Waals surface area contributed by atoms with Crippen molar-refractivity contribution in [1.82, 2.24) is 0 Å². The van der Waals surface area contributed by atoms with Gasteiger partial charge < -0.3 is 13.0 Å². The molecule has 0 radical (unpaired) electrons. The van der Waals surface area contributed by atoms with Gasteiger partial charge in [0.2, 0.25) is 0 Å². The number of rotatable bonds is 12. The molecule has 0 aromatic rings. The Balaban J connectivity index is 4.42. The summed E-state index contributed by atoms with van der Waals surface area (Å²) in [5.41, 5.74) is 0. The summed E-state index contributed by atoms with van der Waals surface area (Å²) in [4.78, 5) is 0. The highest BCUT2D eigenvalue weighted by molar-refractivity contribution is 6.80. The van der Waals surface area contributed by atoms with E-state index in [-0.39, 0.29) is 0 Å². The fraction of sp³-hybridized carbons (Fsp3) is 1.00. The van der Waals surface area contributed by atoms with E-state index in [0.717, 1.165) is 37.8 Å². The molecule has 2 atom stereocenters. The molecule has 0 heterocycles. The van der Waals surface area contributed by atoms with Gasteiger partial charge in [-0.3, -0.25) is 0 Å². The largest absolute Gasteiger partial charge is 0.415 e. The molecular weight excluding hydrogens is 319 g/mol. The Morgan fingerprint density at radius 1 is 0.737 bits per heavy atom. The van der Waals surface area contributed by atoms with Crippen LogP contribution in [0, 0.1) is 0 Å². The van der Waals surface area contributed by atoms with Crippen LogP contribution in [0.3, 0.4) is 0 Å². The van der Waals surface area contributed by atoms with Crippen molar-refractivity contribution in [3.8, 4) is 0 Å². The fourth-order valence-corrected chi connectivity index (χ4v) is 9.63. The summed E-state index contributed by atoms with van der Waals surface area (Å²) in [5.74, 6) is 1.39. The number of hydrogen-bond donors (Lipinski definition) is 0. The molecule has 0 aliphatic rings. The monoisotopic (exact) mass is 346 g/mol. The maximum atomic E-state index is 6.36. The van der Waals surface area contributed by atoms with E-state index in [1.54, 1.807) is 14.2 Å². The SMILES string of the molecule is CO[Si](C)(CCCCCl)O[Si](C)(CCCCCl)OC. The van der Waals surface area contributed by atoms with Crippen molar-refractivity contribution >= 4 is 40.3 Å². The van der Waals surface area contributed by atoms with Gasteiger partial charge in [0.15, 0.2) is 0 Å². The zero-order valence-corrected chi connectivity index (χ0v) is 16.1. The molecule has 0 aromatic carbocycles. The number of halogens is 2. The third-order valence-electron chi connectivity index (χ3n) is 3.32. The van der Waals surface area contributed by atoms with E-state index in [4.69, 9.17) is 36.2 Å². The highest BCUT2D eigenvalue weighted by Gasteiger charge is 2.41. The van der Waals surface area contributed by atoms with E-state index in [1.165, 1.54) is 0 Å². The Labute approximate surface area is 130 Å². The first-order valence-electron chi connectivity index (χ1n) is 6.87. The van der Waals surface area contributed by atoms with E-state index in [0.29, 0.717) is 11.8 Å². The summed E-state index contributed by atoms with van der Waals surface area (Å²) in [6.07, 6.45) is 4.12. The normalized spacial score (nSPS) is 18.0. The first-order chi connectivity index (χ1) is 8.95. The Hall–Kier alpha value is 0.894. The summed E-state index contributed by atoms with van der Waals surface area (Å²) in [6, 6.07) is 1.94. The second kappa shape index (κ2) is 10.6. The number of unbranched alkanes of at least 4 members (excludes halogenated alkanes) is 2. The summed E-state index contributed by atoms with van der Waals surface area (Å²) in [7, 11) is -0.772. The minimum Gasteiger partial charge on any atom is -0.415 e. The topological polar surface area (TPSA) is 27.7 Å². The minimum atomic E-state index is -2.13. The van der Waals surface area contributed by atoms with Crippen LogP contribution < -0.4 is 0 Å². The molecule has 0 saturated carbocycles. The lowest BCUT2D eigenvalue weighted by Gasteiger charge is -2.35. The second-order valence-electron chi connectivity index (χ2n) is 5.07. The minimum absolute atomic E-state index is 0.697. The average Bonchev–Trinajstić information content (AvgIpc) is 2.39. The molecule has 0 bridgehead atoms. The Kier molecular flexibility index (Phi) is 11.1. The number of alkyl halides is 2. The standard InChI is InChI=1S/C12H28Cl2O3Si2/c1-15-18(3,11-7-5-9-13)17-19(4,16-2)12-8-6-10-14/h5-12H2,1-4H3. The van der Waals surface area contributed by atoms with Gasteiger partial charge >= 0.3 is 17.1 Å². The molecule has 0 spiro atoms. The average molecular weight is 347 g/mol. The number of hydrogen-bond acceptors (Lipinski definition) is 3. The van der Waals surface area contributed by atoms with Crippen LogP contribution >= 0.6 is 23.2 Å². The molecule has 7 heteroatoms. The molecule has 0 fully saturated rings. The predicted octanol–water partition coefficient (Wildman–Crippen LogP) is 4.48. The van der Waals surface area contributed by atoms with Crippen LogP contribution in [0.4, 0.5) is 0 Å². The first kappa shape index (κ1) is 19.9. The summed E-state index contributed by atoms with van der Waals surface area (Å²) in [5, 5.41) is 0. The van der Waals surface area contributed by atoms with Crippen LogP contribution in [0.15, 0.2) is 0 Å². The van der Waals surface area contributed by atoms with Crippen molar-refractivity contribution in [2.24, 2.45) is 0 Å². The van der Waals surface area contributed by atoms with Crippen molar-refractivity contribution in [2.75, 3.05) is 26.0 Å². The fourth-order valence-electron chi connectivity index (χ4n) is 1.93. The van der Waals surface area contributed by atoms with Crippen molar-refractivity contribution in [2.45, 2.75) is 50.9 Å². The maximum Gasteiger partial charge on any atom is 0.325 e. The van der Waals surface area contributed by atoms with Crippen LogP contribution in [-0.4, -0.2) is 43.1 Å². The molecule has 0 aromatic heterocycles. The Morgan fingerprint density at radius 2 is 1.11 bits per heavy atom. The van der Waals surface area contributed by atoms with Crippen LogP contribution in [0.1, 0.15) is 25.7 Å². The van der Waals surface area contributed by atoms with Crippen molar-refractivity contribution in [3.63, 3.8) is 0 Å². The molecular formula is C12H28Cl2O3Si2. The Morgan fingerprint density at radius 3 is 1.37 bits per heavy atom. The van der Waals surface area contributed by atoms with Crippen LogP contribution in [0.25, 0.3) is 0 Å². The smallest absolute Gasteiger partial charge is 0.325 e. The zero-order chi connectivity index (χ0) is 14.8. The van der Waals surface area contributed by atoms with E-state index in [9.17, 15) is 0 Å².